The number of nitrogens with one attached hydrogen (secondary N) is 1. The van der Waals surface area contributed by atoms with E-state index in [1.54, 1.807) is 37.4 Å². The summed E-state index contributed by atoms with van der Waals surface area (Å²) < 4.78 is 32.2. The molecular formula is C14H13BrF2N2O. The van der Waals surface area contributed by atoms with Gasteiger partial charge < -0.3 is 10.1 Å². The molecule has 0 unspecified atom stereocenters. The lowest BCUT2D eigenvalue weighted by molar-refractivity contribution is 0.148. The highest BCUT2D eigenvalue weighted by molar-refractivity contribution is 9.10. The van der Waals surface area contributed by atoms with Crippen molar-refractivity contribution in [3.63, 3.8) is 0 Å². The Labute approximate surface area is 124 Å². The van der Waals surface area contributed by atoms with Gasteiger partial charge in [0.25, 0.3) is 6.43 Å². The van der Waals surface area contributed by atoms with Crippen LogP contribution in [0.2, 0.25) is 0 Å². The Balaban J connectivity index is 2.24. The fourth-order valence-corrected chi connectivity index (χ4v) is 2.15. The quantitative estimate of drug-likeness (QED) is 0.817. The highest BCUT2D eigenvalue weighted by Crippen LogP contribution is 2.29. The van der Waals surface area contributed by atoms with E-state index in [-0.39, 0.29) is 12.2 Å². The molecule has 106 valence electrons. The van der Waals surface area contributed by atoms with Crippen LogP contribution in [0.4, 0.5) is 14.5 Å². The predicted molar refractivity (Wildman–Crippen MR) is 77.2 cm³/mol. The number of hydrogen-bond donors (Lipinski definition) is 1. The Morgan fingerprint density at radius 2 is 2.00 bits per heavy atom. The Bertz CT molecular complexity index is 593. The largest absolute Gasteiger partial charge is 0.473 e. The minimum absolute atomic E-state index is 0.0279. The van der Waals surface area contributed by atoms with Gasteiger partial charge in [-0.05, 0) is 28.1 Å². The van der Waals surface area contributed by atoms with Crippen molar-refractivity contribution in [2.45, 2.75) is 13.0 Å². The molecule has 0 spiro atoms. The van der Waals surface area contributed by atoms with E-state index in [9.17, 15) is 8.78 Å². The number of anilines is 1. The van der Waals surface area contributed by atoms with Gasteiger partial charge in [0.2, 0.25) is 5.88 Å². The van der Waals surface area contributed by atoms with Crippen molar-refractivity contribution in [2.75, 3.05) is 12.4 Å². The molecule has 0 saturated heterocycles. The summed E-state index contributed by atoms with van der Waals surface area (Å²) in [4.78, 5) is 4.10. The van der Waals surface area contributed by atoms with Crippen LogP contribution in [0.5, 0.6) is 5.88 Å². The zero-order valence-corrected chi connectivity index (χ0v) is 12.3. The molecule has 6 heteroatoms. The molecule has 0 atom stereocenters. The summed E-state index contributed by atoms with van der Waals surface area (Å²) in [6, 6.07) is 9.93. The maximum Gasteiger partial charge on any atom is 0.264 e. The van der Waals surface area contributed by atoms with Gasteiger partial charge >= 0.3 is 0 Å². The Hall–Kier alpha value is -1.69. The fourth-order valence-electron chi connectivity index (χ4n) is 1.82. The number of benzene rings is 1. The van der Waals surface area contributed by atoms with Crippen molar-refractivity contribution in [3.8, 4) is 5.88 Å². The zero-order chi connectivity index (χ0) is 14.5. The van der Waals surface area contributed by atoms with Gasteiger partial charge in [0.15, 0.2) is 0 Å². The summed E-state index contributed by atoms with van der Waals surface area (Å²) in [7, 11) is 1.69. The number of nitrogens with zero attached hydrogens (tertiary/aromatic N) is 1. The van der Waals surface area contributed by atoms with Gasteiger partial charge in [-0.1, -0.05) is 18.2 Å². The normalized spacial score (nSPS) is 10.7. The second-order valence-electron chi connectivity index (χ2n) is 4.01. The van der Waals surface area contributed by atoms with Crippen LogP contribution in [-0.4, -0.2) is 12.0 Å². The summed E-state index contributed by atoms with van der Waals surface area (Å²) in [5.74, 6) is 0.380. The third kappa shape index (κ3) is 3.45. The van der Waals surface area contributed by atoms with Crippen molar-refractivity contribution in [3.05, 3.63) is 52.1 Å². The number of alkyl halides is 2. The Kier molecular flexibility index (Phi) is 4.89. The molecule has 3 nitrogen and oxygen atoms in total. The average Bonchev–Trinajstić information content (AvgIpc) is 2.44. The van der Waals surface area contributed by atoms with Gasteiger partial charge in [0.05, 0.1) is 0 Å². The van der Waals surface area contributed by atoms with Crippen LogP contribution in [-0.2, 0) is 6.61 Å². The number of ether oxygens (including phenoxy) is 1. The molecule has 0 radical (unpaired) electrons. The van der Waals surface area contributed by atoms with E-state index in [0.717, 1.165) is 0 Å². The van der Waals surface area contributed by atoms with Crippen LogP contribution in [0.25, 0.3) is 0 Å². The van der Waals surface area contributed by atoms with Crippen LogP contribution >= 0.6 is 15.9 Å². The molecule has 0 aliphatic carbocycles. The fraction of sp³-hybridized carbons (Fsp3) is 0.214. The first-order chi connectivity index (χ1) is 9.61. The first kappa shape index (κ1) is 14.7. The maximum atomic E-state index is 13.0. The van der Waals surface area contributed by atoms with E-state index in [4.69, 9.17) is 4.74 Å². The lowest BCUT2D eigenvalue weighted by Crippen LogP contribution is -2.06. The van der Waals surface area contributed by atoms with E-state index in [1.165, 1.54) is 6.07 Å². The first-order valence-electron chi connectivity index (χ1n) is 5.95. The summed E-state index contributed by atoms with van der Waals surface area (Å²) in [5.41, 5.74) is 1.02. The minimum Gasteiger partial charge on any atom is -0.473 e. The lowest BCUT2D eigenvalue weighted by Gasteiger charge is -2.14. The molecule has 0 bridgehead atoms. The van der Waals surface area contributed by atoms with Crippen LogP contribution in [0.3, 0.4) is 0 Å². The number of rotatable bonds is 5. The molecule has 20 heavy (non-hydrogen) atoms. The van der Waals surface area contributed by atoms with Crippen molar-refractivity contribution in [1.82, 2.24) is 4.98 Å². The van der Waals surface area contributed by atoms with E-state index in [2.05, 4.69) is 26.2 Å². The van der Waals surface area contributed by atoms with Crippen molar-refractivity contribution in [2.24, 2.45) is 0 Å². The molecule has 0 fully saturated rings. The van der Waals surface area contributed by atoms with Crippen LogP contribution < -0.4 is 10.1 Å². The van der Waals surface area contributed by atoms with Gasteiger partial charge in [-0.15, -0.1) is 0 Å². The maximum absolute atomic E-state index is 13.0. The molecule has 0 aliphatic rings. The molecule has 2 aromatic rings. The monoisotopic (exact) mass is 342 g/mol. The summed E-state index contributed by atoms with van der Waals surface area (Å²) in [6.45, 7) is 0.0279. The predicted octanol–water partition coefficient (Wildman–Crippen LogP) is 4.40. The van der Waals surface area contributed by atoms with Crippen LogP contribution in [0.15, 0.2) is 41.0 Å². The van der Waals surface area contributed by atoms with Gasteiger partial charge in [0, 0.05) is 29.9 Å². The molecule has 1 aromatic heterocycles. The van der Waals surface area contributed by atoms with E-state index >= 15 is 0 Å². The number of pyridine rings is 1. The highest BCUT2D eigenvalue weighted by Gasteiger charge is 2.16. The van der Waals surface area contributed by atoms with Crippen molar-refractivity contribution in [1.29, 1.82) is 0 Å². The van der Waals surface area contributed by atoms with Gasteiger partial charge in [0.1, 0.15) is 11.2 Å². The van der Waals surface area contributed by atoms with Gasteiger partial charge in [-0.25, -0.2) is 13.8 Å². The molecule has 2 rings (SSSR count). The summed E-state index contributed by atoms with van der Waals surface area (Å²) in [6.07, 6.45) is -2.54. The smallest absolute Gasteiger partial charge is 0.264 e. The molecule has 0 aliphatic heterocycles. The Morgan fingerprint density at radius 3 is 2.65 bits per heavy atom. The van der Waals surface area contributed by atoms with E-state index < -0.39 is 6.43 Å². The number of aromatic nitrogens is 1. The molecular weight excluding hydrogens is 330 g/mol. The summed E-state index contributed by atoms with van der Waals surface area (Å²) in [5, 5.41) is 2.90. The Morgan fingerprint density at radius 1 is 1.25 bits per heavy atom. The molecule has 1 N–H and O–H groups in total. The minimum atomic E-state index is -2.54. The van der Waals surface area contributed by atoms with Crippen LogP contribution in [0.1, 0.15) is 17.6 Å². The van der Waals surface area contributed by atoms with E-state index in [1.807, 2.05) is 0 Å². The second-order valence-corrected chi connectivity index (χ2v) is 4.82. The highest BCUT2D eigenvalue weighted by atomic mass is 79.9. The van der Waals surface area contributed by atoms with Crippen LogP contribution in [0, 0.1) is 0 Å². The van der Waals surface area contributed by atoms with E-state index in [0.29, 0.717) is 21.7 Å². The van der Waals surface area contributed by atoms with Gasteiger partial charge in [-0.2, -0.15) is 0 Å². The third-order valence-corrected chi connectivity index (χ3v) is 3.21. The third-order valence-electron chi connectivity index (χ3n) is 2.77. The first-order valence-corrected chi connectivity index (χ1v) is 6.74. The van der Waals surface area contributed by atoms with Crippen molar-refractivity contribution >= 4 is 21.6 Å². The van der Waals surface area contributed by atoms with Gasteiger partial charge in [-0.3, -0.25) is 0 Å². The summed E-state index contributed by atoms with van der Waals surface area (Å²) >= 11 is 3.23. The molecule has 1 aromatic carbocycles. The number of halogens is 3. The molecule has 0 amide bonds. The average molecular weight is 343 g/mol. The standard InChI is InChI=1S/C14H13BrF2N2O/c1-18-11-5-2-4-9(14(16)17)10(11)8-20-13-7-3-6-12(15)19-13/h2-7,14,18H,8H2,1H3. The number of hydrogen-bond acceptors (Lipinski definition) is 3. The molecule has 1 heterocycles. The topological polar surface area (TPSA) is 34.1 Å². The lowest BCUT2D eigenvalue weighted by atomic mass is 10.1. The molecule has 0 saturated carbocycles. The van der Waals surface area contributed by atoms with Crippen molar-refractivity contribution < 1.29 is 13.5 Å². The second kappa shape index (κ2) is 6.65. The SMILES string of the molecule is CNc1cccc(C(F)F)c1COc1cccc(Br)n1. The zero-order valence-electron chi connectivity index (χ0n) is 10.7.